The van der Waals surface area contributed by atoms with Crippen LogP contribution in [0.5, 0.6) is 0 Å². The minimum Gasteiger partial charge on any atom is -0.456 e. The number of aromatic nitrogens is 1. The fraction of sp³-hybridized carbons (Fsp3) is 0.0741. The molecule has 11 rings (SSSR count). The van der Waals surface area contributed by atoms with Crippen LogP contribution in [0.2, 0.25) is 0 Å². The van der Waals surface area contributed by atoms with Crippen molar-refractivity contribution < 1.29 is 4.42 Å². The highest BCUT2D eigenvalue weighted by molar-refractivity contribution is 6.16. The lowest BCUT2D eigenvalue weighted by Crippen LogP contribution is -2.14. The van der Waals surface area contributed by atoms with Crippen molar-refractivity contribution in [2.45, 2.75) is 25.8 Å². The normalized spacial score (nSPS) is 13.6. The summed E-state index contributed by atoms with van der Waals surface area (Å²) < 4.78 is 9.17. The fourth-order valence-corrected chi connectivity index (χ4v) is 9.08. The van der Waals surface area contributed by atoms with E-state index in [1.165, 1.54) is 49.6 Å². The number of amidine groups is 1. The molecule has 4 nitrogen and oxygen atoms in total. The van der Waals surface area contributed by atoms with Gasteiger partial charge in [0.05, 0.1) is 28.7 Å². The molecular weight excluding hydrogens is 707 g/mol. The summed E-state index contributed by atoms with van der Waals surface area (Å²) in [5, 5.41) is 4.62. The third-order valence-electron chi connectivity index (χ3n) is 11.9. The first-order chi connectivity index (χ1) is 28.5. The summed E-state index contributed by atoms with van der Waals surface area (Å²) in [7, 11) is 0. The zero-order valence-electron chi connectivity index (χ0n) is 32.4. The number of benzene rings is 8. The molecule has 0 amide bonds. The average Bonchev–Trinajstić information content (AvgIpc) is 3.88. The summed E-state index contributed by atoms with van der Waals surface area (Å²) in [5.41, 5.74) is 15.7. The van der Waals surface area contributed by atoms with Crippen LogP contribution in [-0.2, 0) is 12.0 Å². The zero-order valence-corrected chi connectivity index (χ0v) is 32.4. The highest BCUT2D eigenvalue weighted by Gasteiger charge is 2.36. The van der Waals surface area contributed by atoms with Gasteiger partial charge in [-0.25, -0.2) is 4.99 Å². The summed E-state index contributed by atoms with van der Waals surface area (Å²) in [6.45, 7) is 5.21. The molecule has 0 saturated carbocycles. The molecule has 1 aliphatic carbocycles. The molecule has 10 aromatic rings. The average molecular weight is 746 g/mol. The van der Waals surface area contributed by atoms with Crippen LogP contribution >= 0.6 is 0 Å². The van der Waals surface area contributed by atoms with Crippen LogP contribution in [0.4, 0.5) is 0 Å². The number of hydrogen-bond acceptors (Lipinski definition) is 2. The molecule has 276 valence electrons. The van der Waals surface area contributed by atoms with Gasteiger partial charge in [0, 0.05) is 33.4 Å². The standard InChI is InChI=1S/C54H39N3O/c1-54(2)45-23-11-9-21-40(45)43-31-44-41-22-10-12-24-47(41)57(49(44)32-46(43)54)48-25-14-26-50-52(48)42-28-27-39(30-51(42)58-50)53(55-33-35-15-5-3-6-16-35)56-34-36-17-13-20-38(29-36)37-18-7-4-8-19-37/h3-32,34H,33H2,1-2H3. The largest absolute Gasteiger partial charge is 0.456 e. The third kappa shape index (κ3) is 5.52. The Balaban J connectivity index is 1.05. The predicted molar refractivity (Wildman–Crippen MR) is 242 cm³/mol. The molecule has 0 N–H and O–H groups in total. The quantitative estimate of drug-likeness (QED) is 0.123. The maximum atomic E-state index is 6.73. The van der Waals surface area contributed by atoms with Gasteiger partial charge >= 0.3 is 0 Å². The van der Waals surface area contributed by atoms with Crippen molar-refractivity contribution in [2.24, 2.45) is 9.98 Å². The number of furan rings is 1. The molecule has 0 radical (unpaired) electrons. The monoisotopic (exact) mass is 745 g/mol. The molecule has 0 aliphatic heterocycles. The van der Waals surface area contributed by atoms with Gasteiger partial charge < -0.3 is 8.98 Å². The number of rotatable bonds is 6. The molecule has 0 fully saturated rings. The Kier molecular flexibility index (Phi) is 7.87. The van der Waals surface area contributed by atoms with Gasteiger partial charge in [-0.1, -0.05) is 147 Å². The Labute approximate surface area is 337 Å². The van der Waals surface area contributed by atoms with E-state index in [4.69, 9.17) is 14.4 Å². The molecule has 2 heterocycles. The molecule has 0 spiro atoms. The van der Waals surface area contributed by atoms with Gasteiger partial charge in [-0.3, -0.25) is 4.99 Å². The molecular formula is C54H39N3O. The predicted octanol–water partition coefficient (Wildman–Crippen LogP) is 13.7. The lowest BCUT2D eigenvalue weighted by Gasteiger charge is -2.21. The maximum absolute atomic E-state index is 6.73. The van der Waals surface area contributed by atoms with E-state index in [1.54, 1.807) is 0 Å². The van der Waals surface area contributed by atoms with Crippen LogP contribution in [0.15, 0.2) is 196 Å². The van der Waals surface area contributed by atoms with Crippen molar-refractivity contribution in [3.05, 3.63) is 210 Å². The summed E-state index contributed by atoms with van der Waals surface area (Å²) >= 11 is 0. The van der Waals surface area contributed by atoms with Crippen molar-refractivity contribution in [1.29, 1.82) is 0 Å². The lowest BCUT2D eigenvalue weighted by molar-refractivity contribution is 0.661. The minimum absolute atomic E-state index is 0.112. The van der Waals surface area contributed by atoms with E-state index in [2.05, 4.69) is 176 Å². The zero-order chi connectivity index (χ0) is 38.8. The Morgan fingerprint density at radius 2 is 1.33 bits per heavy atom. The van der Waals surface area contributed by atoms with E-state index < -0.39 is 0 Å². The second-order valence-electron chi connectivity index (χ2n) is 15.8. The van der Waals surface area contributed by atoms with Crippen LogP contribution in [0.1, 0.15) is 41.7 Å². The molecule has 8 aromatic carbocycles. The van der Waals surface area contributed by atoms with Gasteiger partial charge in [0.25, 0.3) is 0 Å². The van der Waals surface area contributed by atoms with Crippen LogP contribution in [0.3, 0.4) is 0 Å². The first-order valence-corrected chi connectivity index (χ1v) is 19.9. The number of nitrogens with zero attached hydrogens (tertiary/aromatic N) is 3. The van der Waals surface area contributed by atoms with Crippen molar-refractivity contribution in [2.75, 3.05) is 0 Å². The topological polar surface area (TPSA) is 42.8 Å². The first kappa shape index (κ1) is 34.0. The SMILES string of the molecule is CC1(C)c2ccccc2-c2cc3c4ccccc4n(-c4cccc5oc6cc(C(N=Cc7cccc(-c8ccccc8)c7)=NCc7ccccc7)ccc6c45)c3cc21. The van der Waals surface area contributed by atoms with Crippen LogP contribution < -0.4 is 0 Å². The van der Waals surface area contributed by atoms with Crippen molar-refractivity contribution in [3.8, 4) is 27.9 Å². The van der Waals surface area contributed by atoms with Gasteiger partial charge in [-0.05, 0) is 93.0 Å². The van der Waals surface area contributed by atoms with Crippen molar-refractivity contribution in [1.82, 2.24) is 4.57 Å². The third-order valence-corrected chi connectivity index (χ3v) is 11.9. The molecule has 0 bridgehead atoms. The summed E-state index contributed by atoms with van der Waals surface area (Å²) in [6.07, 6.45) is 1.91. The summed E-state index contributed by atoms with van der Waals surface area (Å²) in [5.74, 6) is 0.649. The molecule has 0 saturated heterocycles. The summed E-state index contributed by atoms with van der Waals surface area (Å²) in [4.78, 5) is 10.1. The maximum Gasteiger partial charge on any atom is 0.155 e. The molecule has 58 heavy (non-hydrogen) atoms. The highest BCUT2D eigenvalue weighted by Crippen LogP contribution is 2.51. The number of para-hydroxylation sites is 1. The number of fused-ring (bicyclic) bond motifs is 9. The number of aliphatic imine (C=N–C) groups is 2. The smallest absolute Gasteiger partial charge is 0.155 e. The van der Waals surface area contributed by atoms with E-state index in [1.807, 2.05) is 30.5 Å². The molecule has 0 atom stereocenters. The van der Waals surface area contributed by atoms with Gasteiger partial charge in [-0.2, -0.15) is 0 Å². The second-order valence-corrected chi connectivity index (χ2v) is 15.8. The van der Waals surface area contributed by atoms with E-state index in [9.17, 15) is 0 Å². The Bertz CT molecular complexity index is 3270. The molecule has 1 aliphatic rings. The van der Waals surface area contributed by atoms with Crippen molar-refractivity contribution in [3.63, 3.8) is 0 Å². The van der Waals surface area contributed by atoms with Gasteiger partial charge in [-0.15, -0.1) is 0 Å². The molecule has 4 heteroatoms. The van der Waals surface area contributed by atoms with E-state index in [0.29, 0.717) is 12.4 Å². The first-order valence-electron chi connectivity index (χ1n) is 19.9. The van der Waals surface area contributed by atoms with E-state index >= 15 is 0 Å². The lowest BCUT2D eigenvalue weighted by atomic mass is 9.82. The van der Waals surface area contributed by atoms with Gasteiger partial charge in [0.15, 0.2) is 5.84 Å². The molecule has 0 unspecified atom stereocenters. The van der Waals surface area contributed by atoms with Crippen LogP contribution in [-0.4, -0.2) is 16.6 Å². The highest BCUT2D eigenvalue weighted by atomic mass is 16.3. The Morgan fingerprint density at radius 1 is 0.569 bits per heavy atom. The van der Waals surface area contributed by atoms with Crippen molar-refractivity contribution >= 4 is 55.8 Å². The minimum atomic E-state index is -0.112. The Hall–Kier alpha value is -7.30. The second kappa shape index (κ2) is 13.4. The van der Waals surface area contributed by atoms with E-state index in [0.717, 1.165) is 49.9 Å². The van der Waals surface area contributed by atoms with Crippen LogP contribution in [0.25, 0.3) is 71.7 Å². The van der Waals surface area contributed by atoms with Gasteiger partial charge in [0.1, 0.15) is 11.2 Å². The number of hydrogen-bond donors (Lipinski definition) is 0. The summed E-state index contributed by atoms with van der Waals surface area (Å²) in [6, 6.07) is 64.5. The Morgan fingerprint density at radius 3 is 2.21 bits per heavy atom. The van der Waals surface area contributed by atoms with Gasteiger partial charge in [0.2, 0.25) is 0 Å². The van der Waals surface area contributed by atoms with Crippen LogP contribution in [0, 0.1) is 0 Å². The van der Waals surface area contributed by atoms with E-state index in [-0.39, 0.29) is 5.41 Å². The molecule has 2 aromatic heterocycles. The fourth-order valence-electron chi connectivity index (χ4n) is 9.08.